The van der Waals surface area contributed by atoms with Gasteiger partial charge in [-0.1, -0.05) is 6.07 Å². The fourth-order valence-corrected chi connectivity index (χ4v) is 4.16. The lowest BCUT2D eigenvalue weighted by atomic mass is 10.00. The summed E-state index contributed by atoms with van der Waals surface area (Å²) in [4.78, 5) is 21.0. The van der Waals surface area contributed by atoms with E-state index < -0.39 is 0 Å². The first-order valence-corrected chi connectivity index (χ1v) is 11.0. The topological polar surface area (TPSA) is 91.8 Å². The van der Waals surface area contributed by atoms with Crippen LogP contribution in [-0.4, -0.2) is 44.3 Å². The SMILES string of the molecule is COc1ccc2c(c1)C(CC(=O)Nc1ncccn1)=C(C)/C2=C/c1cc(OC)c(OC)c(OC)c1. The molecule has 35 heavy (non-hydrogen) atoms. The van der Waals surface area contributed by atoms with Crippen molar-refractivity contribution in [1.29, 1.82) is 0 Å². The minimum absolute atomic E-state index is 0.164. The van der Waals surface area contributed by atoms with Crippen LogP contribution in [0.15, 0.2) is 54.4 Å². The van der Waals surface area contributed by atoms with Crippen molar-refractivity contribution >= 4 is 29.1 Å². The second-order valence-corrected chi connectivity index (χ2v) is 7.83. The van der Waals surface area contributed by atoms with Crippen molar-refractivity contribution in [2.75, 3.05) is 33.8 Å². The molecule has 0 unspecified atom stereocenters. The second kappa shape index (κ2) is 10.3. The van der Waals surface area contributed by atoms with Crippen LogP contribution in [0, 0.1) is 0 Å². The molecule has 0 spiro atoms. The summed E-state index contributed by atoms with van der Waals surface area (Å²) in [5.74, 6) is 2.45. The highest BCUT2D eigenvalue weighted by molar-refractivity contribution is 6.10. The number of benzene rings is 2. The van der Waals surface area contributed by atoms with Gasteiger partial charge in [-0.15, -0.1) is 0 Å². The Morgan fingerprint density at radius 2 is 1.60 bits per heavy atom. The molecular formula is C27H27N3O5. The third-order valence-electron chi connectivity index (χ3n) is 5.85. The highest BCUT2D eigenvalue weighted by atomic mass is 16.5. The predicted molar refractivity (Wildman–Crippen MR) is 135 cm³/mol. The number of nitrogens with zero attached hydrogens (tertiary/aromatic N) is 2. The van der Waals surface area contributed by atoms with Gasteiger partial charge in [0.1, 0.15) is 5.75 Å². The van der Waals surface area contributed by atoms with E-state index in [4.69, 9.17) is 18.9 Å². The molecular weight excluding hydrogens is 446 g/mol. The molecule has 3 aromatic rings. The molecule has 0 aliphatic heterocycles. The third-order valence-corrected chi connectivity index (χ3v) is 5.85. The van der Waals surface area contributed by atoms with Crippen molar-refractivity contribution < 1.29 is 23.7 Å². The van der Waals surface area contributed by atoms with Gasteiger partial charge >= 0.3 is 0 Å². The Hall–Kier alpha value is -4.33. The molecule has 180 valence electrons. The van der Waals surface area contributed by atoms with Crippen molar-refractivity contribution in [3.63, 3.8) is 0 Å². The number of fused-ring (bicyclic) bond motifs is 1. The number of rotatable bonds is 8. The molecule has 8 nitrogen and oxygen atoms in total. The molecule has 0 saturated heterocycles. The first-order valence-electron chi connectivity index (χ1n) is 11.0. The van der Waals surface area contributed by atoms with Gasteiger partial charge < -0.3 is 18.9 Å². The minimum Gasteiger partial charge on any atom is -0.497 e. The standard InChI is InChI=1S/C27H27N3O5/c1-16-20(11-17-12-23(33-3)26(35-5)24(13-17)34-4)19-8-7-18(32-2)14-22(19)21(16)15-25(31)30-27-28-9-6-10-29-27/h6-14H,15H2,1-5H3,(H,28,29,30,31)/b20-11-. The summed E-state index contributed by atoms with van der Waals surface area (Å²) in [6.07, 6.45) is 5.38. The fraction of sp³-hybridized carbons (Fsp3) is 0.222. The van der Waals surface area contributed by atoms with Crippen LogP contribution in [-0.2, 0) is 4.79 Å². The van der Waals surface area contributed by atoms with E-state index >= 15 is 0 Å². The van der Waals surface area contributed by atoms with E-state index in [1.807, 2.05) is 37.3 Å². The van der Waals surface area contributed by atoms with Gasteiger partial charge in [0.15, 0.2) is 11.5 Å². The van der Waals surface area contributed by atoms with Crippen molar-refractivity contribution in [2.24, 2.45) is 0 Å². The van der Waals surface area contributed by atoms with E-state index in [0.29, 0.717) is 17.2 Å². The summed E-state index contributed by atoms with van der Waals surface area (Å²) in [6, 6.07) is 11.4. The number of hydrogen-bond acceptors (Lipinski definition) is 7. The maximum absolute atomic E-state index is 12.9. The molecule has 1 heterocycles. The molecule has 4 rings (SSSR count). The first kappa shape index (κ1) is 23.8. The fourth-order valence-electron chi connectivity index (χ4n) is 4.16. The molecule has 0 atom stereocenters. The monoisotopic (exact) mass is 473 g/mol. The zero-order valence-electron chi connectivity index (χ0n) is 20.3. The summed E-state index contributed by atoms with van der Waals surface area (Å²) in [7, 11) is 6.37. The normalized spacial score (nSPS) is 13.5. The molecule has 1 amide bonds. The lowest BCUT2D eigenvalue weighted by Gasteiger charge is -2.13. The molecule has 0 radical (unpaired) electrons. The number of amides is 1. The summed E-state index contributed by atoms with van der Waals surface area (Å²) in [6.45, 7) is 2.01. The highest BCUT2D eigenvalue weighted by Crippen LogP contribution is 2.46. The van der Waals surface area contributed by atoms with E-state index in [1.54, 1.807) is 46.9 Å². The van der Waals surface area contributed by atoms with Crippen LogP contribution in [0.3, 0.4) is 0 Å². The van der Waals surface area contributed by atoms with E-state index in [9.17, 15) is 4.79 Å². The first-order chi connectivity index (χ1) is 17.0. The van der Waals surface area contributed by atoms with Crippen LogP contribution in [0.2, 0.25) is 0 Å². The van der Waals surface area contributed by atoms with Crippen molar-refractivity contribution in [2.45, 2.75) is 13.3 Å². The maximum Gasteiger partial charge on any atom is 0.231 e. The number of carbonyl (C=O) groups is 1. The quantitative estimate of drug-likeness (QED) is 0.499. The molecule has 1 aliphatic carbocycles. The Bertz CT molecular complexity index is 1290. The number of anilines is 1. The zero-order chi connectivity index (χ0) is 24.9. The van der Waals surface area contributed by atoms with Gasteiger partial charge in [0.05, 0.1) is 34.9 Å². The maximum atomic E-state index is 12.9. The van der Waals surface area contributed by atoms with Crippen molar-refractivity contribution in [3.05, 3.63) is 71.1 Å². The Morgan fingerprint density at radius 3 is 2.20 bits per heavy atom. The van der Waals surface area contributed by atoms with E-state index in [2.05, 4.69) is 21.4 Å². The molecule has 1 aliphatic rings. The van der Waals surface area contributed by atoms with Gasteiger partial charge in [0, 0.05) is 12.4 Å². The van der Waals surface area contributed by atoms with Gasteiger partial charge in [-0.3, -0.25) is 10.1 Å². The predicted octanol–water partition coefficient (Wildman–Crippen LogP) is 4.87. The summed E-state index contributed by atoms with van der Waals surface area (Å²) < 4.78 is 21.9. The Balaban J connectivity index is 1.77. The van der Waals surface area contributed by atoms with Crippen LogP contribution < -0.4 is 24.3 Å². The van der Waals surface area contributed by atoms with Gasteiger partial charge in [0.2, 0.25) is 17.6 Å². The van der Waals surface area contributed by atoms with E-state index in [0.717, 1.165) is 39.2 Å². The van der Waals surface area contributed by atoms with Gasteiger partial charge in [-0.25, -0.2) is 9.97 Å². The highest BCUT2D eigenvalue weighted by Gasteiger charge is 2.26. The van der Waals surface area contributed by atoms with Crippen LogP contribution in [0.4, 0.5) is 5.95 Å². The lowest BCUT2D eigenvalue weighted by Crippen LogP contribution is -2.14. The summed E-state index contributed by atoms with van der Waals surface area (Å²) in [5.41, 5.74) is 5.73. The minimum atomic E-state index is -0.201. The molecule has 0 bridgehead atoms. The number of allylic oxidation sites excluding steroid dienone is 2. The Morgan fingerprint density at radius 1 is 0.914 bits per heavy atom. The van der Waals surface area contributed by atoms with Crippen LogP contribution in [0.5, 0.6) is 23.0 Å². The van der Waals surface area contributed by atoms with Gasteiger partial charge in [-0.2, -0.15) is 0 Å². The summed E-state index contributed by atoms with van der Waals surface area (Å²) >= 11 is 0. The second-order valence-electron chi connectivity index (χ2n) is 7.83. The van der Waals surface area contributed by atoms with E-state index in [-0.39, 0.29) is 18.3 Å². The van der Waals surface area contributed by atoms with Crippen molar-refractivity contribution in [1.82, 2.24) is 9.97 Å². The van der Waals surface area contributed by atoms with Crippen LogP contribution >= 0.6 is 0 Å². The summed E-state index contributed by atoms with van der Waals surface area (Å²) in [5, 5.41) is 2.76. The van der Waals surface area contributed by atoms with Crippen LogP contribution in [0.1, 0.15) is 30.0 Å². The van der Waals surface area contributed by atoms with Crippen LogP contribution in [0.25, 0.3) is 17.2 Å². The number of aromatic nitrogens is 2. The number of hydrogen-bond donors (Lipinski definition) is 1. The number of carbonyl (C=O) groups excluding carboxylic acids is 1. The Labute approximate surface area is 204 Å². The molecule has 0 fully saturated rings. The number of ether oxygens (including phenoxy) is 4. The molecule has 0 saturated carbocycles. The zero-order valence-corrected chi connectivity index (χ0v) is 20.3. The Kier molecular flexibility index (Phi) is 7.01. The van der Waals surface area contributed by atoms with Gasteiger partial charge in [0.25, 0.3) is 0 Å². The molecule has 1 N–H and O–H groups in total. The van der Waals surface area contributed by atoms with E-state index in [1.165, 1.54) is 0 Å². The average molecular weight is 474 g/mol. The smallest absolute Gasteiger partial charge is 0.231 e. The molecule has 2 aromatic carbocycles. The third kappa shape index (κ3) is 4.82. The molecule has 8 heteroatoms. The largest absolute Gasteiger partial charge is 0.497 e. The molecule has 1 aromatic heterocycles. The van der Waals surface area contributed by atoms with Crippen molar-refractivity contribution in [3.8, 4) is 23.0 Å². The van der Waals surface area contributed by atoms with Gasteiger partial charge in [-0.05, 0) is 76.7 Å². The average Bonchev–Trinajstić information content (AvgIpc) is 3.13. The lowest BCUT2D eigenvalue weighted by molar-refractivity contribution is -0.115. The number of nitrogens with one attached hydrogen (secondary N) is 1. The number of methoxy groups -OCH3 is 4.